The molecule has 0 atom stereocenters. The van der Waals surface area contributed by atoms with Gasteiger partial charge in [-0.05, 0) is 35.1 Å². The first kappa shape index (κ1) is 14.9. The van der Waals surface area contributed by atoms with E-state index in [1.54, 1.807) is 18.4 Å². The molecule has 2 aromatic rings. The molecule has 0 unspecified atom stereocenters. The molecule has 0 spiro atoms. The van der Waals surface area contributed by atoms with E-state index in [-0.39, 0.29) is 12.5 Å². The minimum Gasteiger partial charge on any atom is -0.497 e. The molecular formula is C16H18N2O3S. The van der Waals surface area contributed by atoms with Crippen molar-refractivity contribution in [3.63, 3.8) is 0 Å². The van der Waals surface area contributed by atoms with E-state index in [0.29, 0.717) is 25.2 Å². The lowest BCUT2D eigenvalue weighted by Gasteiger charge is -2.29. The van der Waals surface area contributed by atoms with Crippen LogP contribution in [0.15, 0.2) is 29.6 Å². The number of nitrogens with one attached hydrogen (secondary N) is 1. The Labute approximate surface area is 133 Å². The van der Waals surface area contributed by atoms with Gasteiger partial charge < -0.3 is 20.1 Å². The van der Waals surface area contributed by atoms with Crippen molar-refractivity contribution in [3.8, 4) is 5.75 Å². The van der Waals surface area contributed by atoms with Crippen molar-refractivity contribution in [3.05, 3.63) is 46.3 Å². The molecule has 1 aromatic heterocycles. The first-order valence-electron chi connectivity index (χ1n) is 7.10. The Hall–Kier alpha value is -2.05. The Morgan fingerprint density at radius 2 is 2.32 bits per heavy atom. The highest BCUT2D eigenvalue weighted by atomic mass is 32.1. The molecule has 2 N–H and O–H groups in total. The lowest BCUT2D eigenvalue weighted by molar-refractivity contribution is 0.0947. The van der Waals surface area contributed by atoms with E-state index >= 15 is 0 Å². The summed E-state index contributed by atoms with van der Waals surface area (Å²) in [5.41, 5.74) is 2.74. The van der Waals surface area contributed by atoms with Gasteiger partial charge in [-0.2, -0.15) is 0 Å². The van der Waals surface area contributed by atoms with E-state index < -0.39 is 0 Å². The lowest BCUT2D eigenvalue weighted by Crippen LogP contribution is -2.42. The Kier molecular flexibility index (Phi) is 4.31. The zero-order valence-electron chi connectivity index (χ0n) is 12.3. The highest BCUT2D eigenvalue weighted by Gasteiger charge is 2.27. The summed E-state index contributed by atoms with van der Waals surface area (Å²) in [7, 11) is 1.65. The van der Waals surface area contributed by atoms with E-state index in [4.69, 9.17) is 9.84 Å². The van der Waals surface area contributed by atoms with Crippen LogP contribution in [0.5, 0.6) is 5.75 Å². The highest BCUT2D eigenvalue weighted by molar-refractivity contribution is 7.14. The maximum Gasteiger partial charge on any atom is 0.255 e. The molecule has 6 heteroatoms. The SMILES string of the molecule is COc1cccc(CN2CNC(=O)c3c(CCO)csc32)c1. The van der Waals surface area contributed by atoms with Crippen LogP contribution in [0, 0.1) is 0 Å². The molecule has 0 bridgehead atoms. The Morgan fingerprint density at radius 1 is 1.45 bits per heavy atom. The fourth-order valence-electron chi connectivity index (χ4n) is 2.61. The molecule has 3 rings (SSSR count). The first-order chi connectivity index (χ1) is 10.7. The molecule has 0 saturated carbocycles. The number of benzene rings is 1. The summed E-state index contributed by atoms with van der Waals surface area (Å²) in [6.07, 6.45) is 0.506. The van der Waals surface area contributed by atoms with E-state index in [9.17, 15) is 4.79 Å². The van der Waals surface area contributed by atoms with Crippen LogP contribution in [0.25, 0.3) is 0 Å². The molecule has 0 fully saturated rings. The molecule has 0 saturated heterocycles. The Bertz CT molecular complexity index is 684. The standard InChI is InChI=1S/C16H18N2O3S/c1-21-13-4-2-3-11(7-13)8-18-10-17-15(20)14-12(5-6-19)9-22-16(14)18/h2-4,7,9,19H,5-6,8,10H2,1H3,(H,17,20). The van der Waals surface area contributed by atoms with Crippen LogP contribution in [-0.4, -0.2) is 31.4 Å². The Morgan fingerprint density at radius 3 is 3.09 bits per heavy atom. The number of ether oxygens (including phenoxy) is 1. The van der Waals surface area contributed by atoms with Crippen LogP contribution < -0.4 is 15.0 Å². The van der Waals surface area contributed by atoms with Crippen molar-refractivity contribution >= 4 is 22.2 Å². The molecule has 22 heavy (non-hydrogen) atoms. The summed E-state index contributed by atoms with van der Waals surface area (Å²) in [6.45, 7) is 1.23. The molecular weight excluding hydrogens is 300 g/mol. The number of amides is 1. The molecule has 0 radical (unpaired) electrons. The Balaban J connectivity index is 1.87. The molecule has 1 aliphatic heterocycles. The van der Waals surface area contributed by atoms with E-state index in [0.717, 1.165) is 21.9 Å². The molecule has 1 aliphatic rings. The molecule has 1 aromatic carbocycles. The van der Waals surface area contributed by atoms with Crippen LogP contribution in [0.2, 0.25) is 0 Å². The molecule has 5 nitrogen and oxygen atoms in total. The zero-order chi connectivity index (χ0) is 15.5. The van der Waals surface area contributed by atoms with Crippen LogP contribution in [0.1, 0.15) is 21.5 Å². The van der Waals surface area contributed by atoms with Gasteiger partial charge in [-0.3, -0.25) is 4.79 Å². The van der Waals surface area contributed by atoms with E-state index in [1.165, 1.54) is 0 Å². The highest BCUT2D eigenvalue weighted by Crippen LogP contribution is 2.35. The third kappa shape index (κ3) is 2.80. The predicted octanol–water partition coefficient (Wildman–Crippen LogP) is 2.00. The van der Waals surface area contributed by atoms with Gasteiger partial charge in [-0.15, -0.1) is 11.3 Å². The minimum absolute atomic E-state index is 0.0480. The third-order valence-electron chi connectivity index (χ3n) is 3.68. The van der Waals surface area contributed by atoms with Crippen LogP contribution in [0.3, 0.4) is 0 Å². The molecule has 1 amide bonds. The molecule has 0 aliphatic carbocycles. The van der Waals surface area contributed by atoms with Crippen LogP contribution in [-0.2, 0) is 13.0 Å². The molecule has 2 heterocycles. The number of methoxy groups -OCH3 is 1. The largest absolute Gasteiger partial charge is 0.497 e. The second-order valence-corrected chi connectivity index (χ2v) is 5.99. The number of aliphatic hydroxyl groups excluding tert-OH is 1. The number of fused-ring (bicyclic) bond motifs is 1. The average molecular weight is 318 g/mol. The summed E-state index contributed by atoms with van der Waals surface area (Å²) >= 11 is 1.56. The second kappa shape index (κ2) is 6.37. The van der Waals surface area contributed by atoms with Crippen LogP contribution >= 0.6 is 11.3 Å². The first-order valence-corrected chi connectivity index (χ1v) is 7.98. The van der Waals surface area contributed by atoms with Gasteiger partial charge in [0, 0.05) is 13.2 Å². The summed E-state index contributed by atoms with van der Waals surface area (Å²) in [4.78, 5) is 14.2. The van der Waals surface area contributed by atoms with Gasteiger partial charge >= 0.3 is 0 Å². The summed E-state index contributed by atoms with van der Waals surface area (Å²) in [5.74, 6) is 0.771. The second-order valence-electron chi connectivity index (χ2n) is 5.13. The van der Waals surface area contributed by atoms with Crippen molar-refractivity contribution in [2.75, 3.05) is 25.3 Å². The van der Waals surface area contributed by atoms with Gasteiger partial charge in [0.15, 0.2) is 0 Å². The monoisotopic (exact) mass is 318 g/mol. The van der Waals surface area contributed by atoms with Crippen molar-refractivity contribution in [2.45, 2.75) is 13.0 Å². The number of thiophene rings is 1. The van der Waals surface area contributed by atoms with E-state index in [2.05, 4.69) is 10.2 Å². The maximum atomic E-state index is 12.1. The number of carbonyl (C=O) groups is 1. The number of rotatable bonds is 5. The number of nitrogens with zero attached hydrogens (tertiary/aromatic N) is 1. The summed E-state index contributed by atoms with van der Waals surface area (Å²) < 4.78 is 5.25. The molecule has 116 valence electrons. The fourth-order valence-corrected chi connectivity index (χ4v) is 3.72. The third-order valence-corrected chi connectivity index (χ3v) is 4.77. The van der Waals surface area contributed by atoms with Gasteiger partial charge in [0.25, 0.3) is 5.91 Å². The van der Waals surface area contributed by atoms with Gasteiger partial charge in [0.1, 0.15) is 10.8 Å². The van der Waals surface area contributed by atoms with Gasteiger partial charge in [-0.25, -0.2) is 0 Å². The van der Waals surface area contributed by atoms with Gasteiger partial charge in [0.05, 0.1) is 19.3 Å². The lowest BCUT2D eigenvalue weighted by atomic mass is 10.1. The van der Waals surface area contributed by atoms with Crippen molar-refractivity contribution < 1.29 is 14.6 Å². The number of anilines is 1. The topological polar surface area (TPSA) is 61.8 Å². The zero-order valence-corrected chi connectivity index (χ0v) is 13.2. The number of hydrogen-bond acceptors (Lipinski definition) is 5. The van der Waals surface area contributed by atoms with Gasteiger partial charge in [-0.1, -0.05) is 12.1 Å². The fraction of sp³-hybridized carbons (Fsp3) is 0.312. The van der Waals surface area contributed by atoms with Crippen molar-refractivity contribution in [1.29, 1.82) is 0 Å². The predicted molar refractivity (Wildman–Crippen MR) is 86.6 cm³/mol. The van der Waals surface area contributed by atoms with Crippen molar-refractivity contribution in [1.82, 2.24) is 5.32 Å². The number of hydrogen-bond donors (Lipinski definition) is 2. The number of carbonyl (C=O) groups excluding carboxylic acids is 1. The maximum absolute atomic E-state index is 12.1. The van der Waals surface area contributed by atoms with Gasteiger partial charge in [0.2, 0.25) is 0 Å². The minimum atomic E-state index is -0.0541. The van der Waals surface area contributed by atoms with Crippen LogP contribution in [0.4, 0.5) is 5.00 Å². The van der Waals surface area contributed by atoms with Crippen molar-refractivity contribution in [2.24, 2.45) is 0 Å². The smallest absolute Gasteiger partial charge is 0.255 e. The van der Waals surface area contributed by atoms with E-state index in [1.807, 2.05) is 29.6 Å². The quantitative estimate of drug-likeness (QED) is 0.885. The summed E-state index contributed by atoms with van der Waals surface area (Å²) in [5, 5.41) is 15.0. The average Bonchev–Trinajstić information content (AvgIpc) is 2.96. The normalized spacial score (nSPS) is 13.7. The summed E-state index contributed by atoms with van der Waals surface area (Å²) in [6, 6.07) is 7.92. The number of aliphatic hydroxyl groups is 1.